The second kappa shape index (κ2) is 7.40. The first-order chi connectivity index (χ1) is 13.6. The number of rotatable bonds is 5. The predicted molar refractivity (Wildman–Crippen MR) is 108 cm³/mol. The highest BCUT2D eigenvalue weighted by Gasteiger charge is 2.15. The van der Waals surface area contributed by atoms with Gasteiger partial charge in [-0.05, 0) is 43.3 Å². The van der Waals surface area contributed by atoms with Crippen LogP contribution in [0, 0.1) is 5.82 Å². The minimum atomic E-state index is -0.332. The summed E-state index contributed by atoms with van der Waals surface area (Å²) < 4.78 is 16.2. The molecule has 1 amide bonds. The first-order valence-corrected chi connectivity index (χ1v) is 9.64. The topological polar surface area (TPSA) is 68.9 Å². The standard InChI is InChI=1S/C20H17FN4O2S/c1-2-24-16-5-3-4-6-17(16)25(20(24)27)11-18(26)23-19-22-15(12-28-19)13-7-9-14(21)10-8-13/h3-10,12H,2,11H2,1H3,(H,22,23,26). The lowest BCUT2D eigenvalue weighted by molar-refractivity contribution is -0.116. The van der Waals surface area contributed by atoms with Crippen LogP contribution in [0.4, 0.5) is 9.52 Å². The highest BCUT2D eigenvalue weighted by atomic mass is 32.1. The van der Waals surface area contributed by atoms with Crippen LogP contribution >= 0.6 is 11.3 Å². The van der Waals surface area contributed by atoms with E-state index in [0.717, 1.165) is 16.6 Å². The molecule has 0 aliphatic carbocycles. The van der Waals surface area contributed by atoms with Gasteiger partial charge in [-0.3, -0.25) is 13.9 Å². The highest BCUT2D eigenvalue weighted by molar-refractivity contribution is 7.14. The van der Waals surface area contributed by atoms with Crippen molar-refractivity contribution in [2.45, 2.75) is 20.0 Å². The summed E-state index contributed by atoms with van der Waals surface area (Å²) in [5.74, 6) is -0.648. The SMILES string of the molecule is CCn1c(=O)n(CC(=O)Nc2nc(-c3ccc(F)cc3)cs2)c2ccccc21. The van der Waals surface area contributed by atoms with E-state index in [0.29, 0.717) is 17.4 Å². The van der Waals surface area contributed by atoms with E-state index in [1.807, 2.05) is 31.2 Å². The van der Waals surface area contributed by atoms with Crippen molar-refractivity contribution < 1.29 is 9.18 Å². The highest BCUT2D eigenvalue weighted by Crippen LogP contribution is 2.25. The van der Waals surface area contributed by atoms with Gasteiger partial charge in [0.2, 0.25) is 5.91 Å². The van der Waals surface area contributed by atoms with Gasteiger partial charge < -0.3 is 5.32 Å². The van der Waals surface area contributed by atoms with Crippen LogP contribution in [0.5, 0.6) is 0 Å². The third-order valence-corrected chi connectivity index (χ3v) is 5.19. The lowest BCUT2D eigenvalue weighted by Gasteiger charge is -2.03. The zero-order valence-electron chi connectivity index (χ0n) is 15.1. The van der Waals surface area contributed by atoms with Gasteiger partial charge in [0.25, 0.3) is 0 Å². The largest absolute Gasteiger partial charge is 0.329 e. The number of imidazole rings is 1. The van der Waals surface area contributed by atoms with Gasteiger partial charge in [-0.25, -0.2) is 14.2 Å². The van der Waals surface area contributed by atoms with Crippen LogP contribution in [-0.2, 0) is 17.9 Å². The summed E-state index contributed by atoms with van der Waals surface area (Å²) in [5, 5.41) is 4.95. The van der Waals surface area contributed by atoms with Gasteiger partial charge >= 0.3 is 5.69 Å². The van der Waals surface area contributed by atoms with Gasteiger partial charge in [-0.15, -0.1) is 11.3 Å². The number of hydrogen-bond donors (Lipinski definition) is 1. The number of benzene rings is 2. The third kappa shape index (κ3) is 3.34. The van der Waals surface area contributed by atoms with Crippen LogP contribution in [0.1, 0.15) is 6.92 Å². The Morgan fingerprint density at radius 3 is 2.46 bits per heavy atom. The van der Waals surface area contributed by atoms with Crippen molar-refractivity contribution >= 4 is 33.4 Å². The zero-order valence-corrected chi connectivity index (χ0v) is 15.9. The second-order valence-electron chi connectivity index (χ2n) is 6.19. The van der Waals surface area contributed by atoms with E-state index in [4.69, 9.17) is 0 Å². The van der Waals surface area contributed by atoms with Crippen LogP contribution in [0.15, 0.2) is 58.7 Å². The number of nitrogens with zero attached hydrogens (tertiary/aromatic N) is 3. The molecule has 0 unspecified atom stereocenters. The van der Waals surface area contributed by atoms with Crippen LogP contribution in [-0.4, -0.2) is 20.0 Å². The molecule has 6 nitrogen and oxygen atoms in total. The Balaban J connectivity index is 1.54. The Morgan fingerprint density at radius 1 is 1.11 bits per heavy atom. The van der Waals surface area contributed by atoms with Gasteiger partial charge in [-0.1, -0.05) is 12.1 Å². The van der Waals surface area contributed by atoms with Gasteiger partial charge in [0.05, 0.1) is 16.7 Å². The molecule has 0 spiro atoms. The predicted octanol–water partition coefficient (Wildman–Crippen LogP) is 3.72. The summed E-state index contributed by atoms with van der Waals surface area (Å²) in [4.78, 5) is 29.5. The molecule has 2 heterocycles. The van der Waals surface area contributed by atoms with Crippen molar-refractivity contribution in [2.75, 3.05) is 5.32 Å². The van der Waals surface area contributed by atoms with Crippen LogP contribution in [0.25, 0.3) is 22.3 Å². The molecule has 2 aromatic carbocycles. The molecule has 0 atom stereocenters. The number of anilines is 1. The lowest BCUT2D eigenvalue weighted by atomic mass is 10.2. The maximum absolute atomic E-state index is 13.1. The molecule has 2 aromatic heterocycles. The van der Waals surface area contributed by atoms with Crippen molar-refractivity contribution in [1.82, 2.24) is 14.1 Å². The summed E-state index contributed by atoms with van der Waals surface area (Å²) in [5.41, 5.74) is 2.72. The average molecular weight is 396 g/mol. The Hall–Kier alpha value is -3.26. The monoisotopic (exact) mass is 396 g/mol. The van der Waals surface area contributed by atoms with Gasteiger partial charge in [-0.2, -0.15) is 0 Å². The van der Waals surface area contributed by atoms with E-state index in [1.54, 1.807) is 22.1 Å². The number of thiazole rings is 1. The Bertz CT molecular complexity index is 1210. The molecule has 142 valence electrons. The number of fused-ring (bicyclic) bond motifs is 1. The van der Waals surface area contributed by atoms with Gasteiger partial charge in [0.15, 0.2) is 5.13 Å². The number of aryl methyl sites for hydroxylation is 1. The lowest BCUT2D eigenvalue weighted by Crippen LogP contribution is -2.29. The maximum Gasteiger partial charge on any atom is 0.329 e. The van der Waals surface area contributed by atoms with Crippen molar-refractivity contribution in [1.29, 1.82) is 0 Å². The van der Waals surface area contributed by atoms with Gasteiger partial charge in [0.1, 0.15) is 12.4 Å². The molecule has 0 saturated carbocycles. The number of carbonyl (C=O) groups excluding carboxylic acids is 1. The van der Waals surface area contributed by atoms with E-state index in [9.17, 15) is 14.0 Å². The fourth-order valence-corrected chi connectivity index (χ4v) is 3.85. The molecule has 4 aromatic rings. The number of nitrogens with one attached hydrogen (secondary N) is 1. The molecule has 1 N–H and O–H groups in total. The Labute approximate surface area is 163 Å². The van der Waals surface area contributed by atoms with Crippen molar-refractivity contribution in [3.8, 4) is 11.3 Å². The van der Waals surface area contributed by atoms with Crippen molar-refractivity contribution in [2.24, 2.45) is 0 Å². The Kier molecular flexibility index (Phi) is 4.79. The quantitative estimate of drug-likeness (QED) is 0.559. The number of aromatic nitrogens is 3. The minimum Gasteiger partial charge on any atom is -0.300 e. The average Bonchev–Trinajstić information content (AvgIpc) is 3.25. The normalized spacial score (nSPS) is 11.1. The van der Waals surface area contributed by atoms with Gasteiger partial charge in [0, 0.05) is 17.5 Å². The van der Waals surface area contributed by atoms with E-state index in [1.165, 1.54) is 28.0 Å². The molecule has 0 fully saturated rings. The van der Waals surface area contributed by atoms with E-state index in [2.05, 4.69) is 10.3 Å². The number of halogens is 1. The van der Waals surface area contributed by atoms with E-state index in [-0.39, 0.29) is 24.0 Å². The second-order valence-corrected chi connectivity index (χ2v) is 7.05. The molecular weight excluding hydrogens is 379 g/mol. The molecular formula is C20H17FN4O2S. The maximum atomic E-state index is 13.1. The number of carbonyl (C=O) groups is 1. The first-order valence-electron chi connectivity index (χ1n) is 8.76. The molecule has 4 rings (SSSR count). The summed E-state index contributed by atoms with van der Waals surface area (Å²) in [6.07, 6.45) is 0. The van der Waals surface area contributed by atoms with Crippen LogP contribution in [0.2, 0.25) is 0 Å². The smallest absolute Gasteiger partial charge is 0.300 e. The summed E-state index contributed by atoms with van der Waals surface area (Å²) >= 11 is 1.28. The fraction of sp³-hybridized carbons (Fsp3) is 0.150. The molecule has 0 aliphatic heterocycles. The summed E-state index contributed by atoms with van der Waals surface area (Å²) in [6.45, 7) is 2.32. The number of amides is 1. The fourth-order valence-electron chi connectivity index (χ4n) is 3.12. The third-order valence-electron chi connectivity index (χ3n) is 4.43. The number of para-hydroxylation sites is 2. The molecule has 0 aliphatic rings. The van der Waals surface area contributed by atoms with Crippen molar-refractivity contribution in [3.63, 3.8) is 0 Å². The van der Waals surface area contributed by atoms with E-state index < -0.39 is 0 Å². The molecule has 0 saturated heterocycles. The Morgan fingerprint density at radius 2 is 1.79 bits per heavy atom. The first kappa shape index (κ1) is 18.1. The summed E-state index contributed by atoms with van der Waals surface area (Å²) in [7, 11) is 0. The minimum absolute atomic E-state index is 0.0994. The van der Waals surface area contributed by atoms with Crippen molar-refractivity contribution in [3.05, 3.63) is 70.2 Å². The van der Waals surface area contributed by atoms with Crippen LogP contribution < -0.4 is 11.0 Å². The molecule has 0 radical (unpaired) electrons. The summed E-state index contributed by atoms with van der Waals surface area (Å²) in [6, 6.07) is 13.4. The van der Waals surface area contributed by atoms with Crippen LogP contribution in [0.3, 0.4) is 0 Å². The molecule has 28 heavy (non-hydrogen) atoms. The molecule has 8 heteroatoms. The number of hydrogen-bond acceptors (Lipinski definition) is 4. The zero-order chi connectivity index (χ0) is 19.7. The molecule has 0 bridgehead atoms. The van der Waals surface area contributed by atoms with E-state index >= 15 is 0 Å².